The molecule has 19 heavy (non-hydrogen) atoms. The third-order valence-corrected chi connectivity index (χ3v) is 3.97. The van der Waals surface area contributed by atoms with E-state index in [2.05, 4.69) is 24.5 Å². The van der Waals surface area contributed by atoms with Gasteiger partial charge in [0.15, 0.2) is 0 Å². The predicted octanol–water partition coefficient (Wildman–Crippen LogP) is 3.49. The van der Waals surface area contributed by atoms with E-state index >= 15 is 0 Å². The highest BCUT2D eigenvalue weighted by Crippen LogP contribution is 2.29. The average molecular weight is 260 g/mol. The molecule has 1 aromatic carbocycles. The molecule has 0 atom stereocenters. The largest absolute Gasteiger partial charge is 0.385 e. The first-order valence-electron chi connectivity index (χ1n) is 7.21. The van der Waals surface area contributed by atoms with Crippen molar-refractivity contribution in [2.45, 2.75) is 52.0 Å². The van der Waals surface area contributed by atoms with Gasteiger partial charge in [-0.25, -0.2) is 0 Å². The maximum atomic E-state index is 12.4. The summed E-state index contributed by atoms with van der Waals surface area (Å²) in [6.07, 6.45) is 4.62. The van der Waals surface area contributed by atoms with Crippen LogP contribution in [0.5, 0.6) is 0 Å². The van der Waals surface area contributed by atoms with Crippen molar-refractivity contribution in [3.8, 4) is 0 Å². The van der Waals surface area contributed by atoms with Gasteiger partial charge in [-0.3, -0.25) is 4.79 Å². The minimum atomic E-state index is -0.0101. The summed E-state index contributed by atoms with van der Waals surface area (Å²) < 4.78 is 0. The Kier molecular flexibility index (Phi) is 4.13. The van der Waals surface area contributed by atoms with E-state index in [-0.39, 0.29) is 11.4 Å². The summed E-state index contributed by atoms with van der Waals surface area (Å²) in [6.45, 7) is 7.10. The number of hydrogen-bond acceptors (Lipinski definition) is 2. The van der Waals surface area contributed by atoms with Crippen LogP contribution in [0.3, 0.4) is 0 Å². The van der Waals surface area contributed by atoms with Crippen LogP contribution in [0.2, 0.25) is 0 Å². The Balaban J connectivity index is 2.10. The molecule has 1 aliphatic rings. The van der Waals surface area contributed by atoms with Gasteiger partial charge < -0.3 is 10.6 Å². The lowest BCUT2D eigenvalue weighted by Gasteiger charge is -2.25. The molecule has 0 spiro atoms. The van der Waals surface area contributed by atoms with Gasteiger partial charge in [0.2, 0.25) is 0 Å². The molecular weight excluding hydrogens is 236 g/mol. The number of benzene rings is 1. The van der Waals surface area contributed by atoms with Crippen LogP contribution in [-0.2, 0) is 0 Å². The fraction of sp³-hybridized carbons (Fsp3) is 0.562. The molecule has 3 nitrogen and oxygen atoms in total. The average Bonchev–Trinajstić information content (AvgIpc) is 2.76. The first kappa shape index (κ1) is 13.9. The molecular formula is C16H24N2O. The zero-order chi connectivity index (χ0) is 13.9. The summed E-state index contributed by atoms with van der Waals surface area (Å²) in [5, 5.41) is 6.47. The number of nitrogens with one attached hydrogen (secondary N) is 2. The van der Waals surface area contributed by atoms with Crippen molar-refractivity contribution in [1.29, 1.82) is 0 Å². The summed E-state index contributed by atoms with van der Waals surface area (Å²) in [6, 6.07) is 5.93. The van der Waals surface area contributed by atoms with Gasteiger partial charge in [-0.1, -0.05) is 12.8 Å². The van der Waals surface area contributed by atoms with Gasteiger partial charge in [-0.2, -0.15) is 0 Å². The molecule has 0 aromatic heterocycles. The molecule has 1 fully saturated rings. The minimum absolute atomic E-state index is 0.0101. The Labute approximate surface area is 115 Å². The quantitative estimate of drug-likeness (QED) is 0.870. The Morgan fingerprint density at radius 1 is 1.32 bits per heavy atom. The van der Waals surface area contributed by atoms with Crippen molar-refractivity contribution in [2.24, 2.45) is 0 Å². The molecule has 2 N–H and O–H groups in total. The van der Waals surface area contributed by atoms with Crippen LogP contribution in [0.15, 0.2) is 18.2 Å². The second-order valence-electron chi connectivity index (χ2n) is 5.78. The summed E-state index contributed by atoms with van der Waals surface area (Å²) in [7, 11) is 0. The van der Waals surface area contributed by atoms with Crippen molar-refractivity contribution in [2.75, 3.05) is 11.9 Å². The van der Waals surface area contributed by atoms with Crippen LogP contribution in [0.4, 0.5) is 5.69 Å². The van der Waals surface area contributed by atoms with Gasteiger partial charge in [0.25, 0.3) is 5.91 Å². The Morgan fingerprint density at radius 2 is 2.00 bits per heavy atom. The predicted molar refractivity (Wildman–Crippen MR) is 79.7 cm³/mol. The van der Waals surface area contributed by atoms with E-state index in [4.69, 9.17) is 0 Å². The summed E-state index contributed by atoms with van der Waals surface area (Å²) in [4.78, 5) is 12.4. The number of amides is 1. The molecule has 1 saturated carbocycles. The SMILES string of the molecule is CCNc1ccc(C(=O)NC2(C)CCCC2)c(C)c1. The number of carbonyl (C=O) groups is 1. The second kappa shape index (κ2) is 5.64. The van der Waals surface area contributed by atoms with E-state index in [1.807, 2.05) is 25.1 Å². The van der Waals surface area contributed by atoms with Crippen LogP contribution in [-0.4, -0.2) is 18.0 Å². The van der Waals surface area contributed by atoms with Crippen molar-refractivity contribution in [3.05, 3.63) is 29.3 Å². The molecule has 1 aliphatic carbocycles. The number of rotatable bonds is 4. The lowest BCUT2D eigenvalue weighted by atomic mass is 9.99. The Morgan fingerprint density at radius 3 is 2.58 bits per heavy atom. The Hall–Kier alpha value is -1.51. The van der Waals surface area contributed by atoms with Gasteiger partial charge in [0, 0.05) is 23.3 Å². The number of hydrogen-bond donors (Lipinski definition) is 2. The van der Waals surface area contributed by atoms with Crippen LogP contribution in [0.25, 0.3) is 0 Å². The zero-order valence-electron chi connectivity index (χ0n) is 12.2. The lowest BCUT2D eigenvalue weighted by molar-refractivity contribution is 0.0907. The first-order chi connectivity index (χ1) is 9.04. The molecule has 0 saturated heterocycles. The van der Waals surface area contributed by atoms with Crippen molar-refractivity contribution in [1.82, 2.24) is 5.32 Å². The maximum Gasteiger partial charge on any atom is 0.251 e. The minimum Gasteiger partial charge on any atom is -0.385 e. The van der Waals surface area contributed by atoms with Crippen LogP contribution >= 0.6 is 0 Å². The highest BCUT2D eigenvalue weighted by molar-refractivity contribution is 5.96. The van der Waals surface area contributed by atoms with Crippen molar-refractivity contribution in [3.63, 3.8) is 0 Å². The third kappa shape index (κ3) is 3.28. The smallest absolute Gasteiger partial charge is 0.251 e. The molecule has 2 rings (SSSR count). The van der Waals surface area contributed by atoms with Crippen LogP contribution in [0, 0.1) is 6.92 Å². The lowest BCUT2D eigenvalue weighted by Crippen LogP contribution is -2.43. The van der Waals surface area contributed by atoms with E-state index in [1.54, 1.807) is 0 Å². The topological polar surface area (TPSA) is 41.1 Å². The summed E-state index contributed by atoms with van der Waals surface area (Å²) in [5.74, 6) is 0.0601. The molecule has 0 heterocycles. The highest BCUT2D eigenvalue weighted by atomic mass is 16.1. The fourth-order valence-corrected chi connectivity index (χ4v) is 2.85. The van der Waals surface area contributed by atoms with Crippen LogP contribution < -0.4 is 10.6 Å². The van der Waals surface area contributed by atoms with E-state index in [9.17, 15) is 4.79 Å². The molecule has 0 unspecified atom stereocenters. The Bertz CT molecular complexity index is 462. The summed E-state index contributed by atoms with van der Waals surface area (Å²) >= 11 is 0. The normalized spacial score (nSPS) is 17.2. The van der Waals surface area contributed by atoms with E-state index in [0.717, 1.165) is 36.2 Å². The molecule has 0 aliphatic heterocycles. The number of aryl methyl sites for hydroxylation is 1. The van der Waals surface area contributed by atoms with Gasteiger partial charge in [-0.15, -0.1) is 0 Å². The number of anilines is 1. The highest BCUT2D eigenvalue weighted by Gasteiger charge is 2.30. The van der Waals surface area contributed by atoms with Crippen LogP contribution in [0.1, 0.15) is 55.5 Å². The van der Waals surface area contributed by atoms with Gasteiger partial charge in [0.1, 0.15) is 0 Å². The van der Waals surface area contributed by atoms with Crippen molar-refractivity contribution >= 4 is 11.6 Å². The number of carbonyl (C=O) groups excluding carboxylic acids is 1. The van der Waals surface area contributed by atoms with E-state index < -0.39 is 0 Å². The summed E-state index contributed by atoms with van der Waals surface area (Å²) in [5.41, 5.74) is 2.88. The third-order valence-electron chi connectivity index (χ3n) is 3.97. The molecule has 1 aromatic rings. The standard InChI is InChI=1S/C16H24N2O/c1-4-17-13-7-8-14(12(2)11-13)15(19)18-16(3)9-5-6-10-16/h7-8,11,17H,4-6,9-10H2,1-3H3,(H,18,19). The zero-order valence-corrected chi connectivity index (χ0v) is 12.2. The van der Waals surface area contributed by atoms with E-state index in [1.165, 1.54) is 12.8 Å². The molecule has 0 bridgehead atoms. The molecule has 1 amide bonds. The van der Waals surface area contributed by atoms with Gasteiger partial charge in [-0.05, 0) is 57.4 Å². The molecule has 0 radical (unpaired) electrons. The van der Waals surface area contributed by atoms with Gasteiger partial charge in [0.05, 0.1) is 0 Å². The van der Waals surface area contributed by atoms with Gasteiger partial charge >= 0.3 is 0 Å². The molecule has 104 valence electrons. The van der Waals surface area contributed by atoms with E-state index in [0.29, 0.717) is 0 Å². The molecule has 3 heteroatoms. The maximum absolute atomic E-state index is 12.4. The second-order valence-corrected chi connectivity index (χ2v) is 5.78. The monoisotopic (exact) mass is 260 g/mol. The van der Waals surface area contributed by atoms with Crippen molar-refractivity contribution < 1.29 is 4.79 Å². The fourth-order valence-electron chi connectivity index (χ4n) is 2.85. The first-order valence-corrected chi connectivity index (χ1v) is 7.21.